The number of carbonyl (C=O) groups is 1. The van der Waals surface area contributed by atoms with Gasteiger partial charge in [0.15, 0.2) is 0 Å². The first kappa shape index (κ1) is 20.2. The molecule has 2 aromatic heterocycles. The van der Waals surface area contributed by atoms with Gasteiger partial charge in [0.05, 0.1) is 22.3 Å². The molecule has 1 aliphatic rings. The summed E-state index contributed by atoms with van der Waals surface area (Å²) in [5.74, 6) is -0.0939. The van der Waals surface area contributed by atoms with Crippen LogP contribution in [-0.4, -0.2) is 48.1 Å². The average molecular weight is 405 g/mol. The van der Waals surface area contributed by atoms with Crippen LogP contribution in [0, 0.1) is 5.82 Å². The molecular weight excluding hydrogens is 383 g/mol. The van der Waals surface area contributed by atoms with Crippen LogP contribution in [0.1, 0.15) is 34.8 Å². The predicted octanol–water partition coefficient (Wildman–Crippen LogP) is 3.62. The molecule has 1 saturated carbocycles. The Morgan fingerprint density at radius 3 is 2.68 bits per heavy atom. The summed E-state index contributed by atoms with van der Waals surface area (Å²) in [4.78, 5) is 19.3. The summed E-state index contributed by atoms with van der Waals surface area (Å²) in [5.41, 5.74) is 2.97. The van der Waals surface area contributed by atoms with Crippen LogP contribution >= 0.6 is 12.4 Å². The topological polar surface area (TPSA) is 71.3 Å². The second kappa shape index (κ2) is 8.24. The Morgan fingerprint density at radius 2 is 2.04 bits per heavy atom. The number of fused-ring (bicyclic) bond motifs is 1. The molecule has 1 aromatic carbocycles. The first-order valence-corrected chi connectivity index (χ1v) is 9.05. The van der Waals surface area contributed by atoms with Gasteiger partial charge in [-0.2, -0.15) is 0 Å². The van der Waals surface area contributed by atoms with Crippen LogP contribution in [0.3, 0.4) is 0 Å². The molecule has 28 heavy (non-hydrogen) atoms. The molecule has 6 nitrogen and oxygen atoms in total. The molecule has 1 amide bonds. The number of amides is 1. The van der Waals surface area contributed by atoms with Gasteiger partial charge < -0.3 is 14.7 Å². The van der Waals surface area contributed by atoms with Crippen molar-refractivity contribution in [1.82, 2.24) is 20.4 Å². The van der Waals surface area contributed by atoms with Gasteiger partial charge in [0, 0.05) is 31.6 Å². The van der Waals surface area contributed by atoms with E-state index in [1.807, 2.05) is 7.05 Å². The van der Waals surface area contributed by atoms with Crippen LogP contribution in [-0.2, 0) is 0 Å². The van der Waals surface area contributed by atoms with E-state index in [0.29, 0.717) is 41.4 Å². The highest BCUT2D eigenvalue weighted by atomic mass is 35.5. The first-order valence-electron chi connectivity index (χ1n) is 9.05. The summed E-state index contributed by atoms with van der Waals surface area (Å²) in [6.45, 7) is 1.27. The molecule has 3 aromatic rings. The maximum absolute atomic E-state index is 13.3. The molecule has 4 rings (SSSR count). The second-order valence-corrected chi connectivity index (χ2v) is 6.91. The second-order valence-electron chi connectivity index (χ2n) is 6.91. The fraction of sp³-hybridized carbons (Fsp3) is 0.350. The number of halogens is 2. The summed E-state index contributed by atoms with van der Waals surface area (Å²) in [5, 5.41) is 7.94. The normalized spacial score (nSPS) is 13.4. The van der Waals surface area contributed by atoms with Crippen LogP contribution in [0.2, 0.25) is 0 Å². The number of likely N-dealkylation sites (N-methyl/N-ethyl adjacent to an activating group) is 2. The number of pyridine rings is 1. The molecule has 0 spiro atoms. The third-order valence-corrected chi connectivity index (χ3v) is 4.85. The zero-order valence-corrected chi connectivity index (χ0v) is 16.6. The largest absolute Gasteiger partial charge is 0.340 e. The summed E-state index contributed by atoms with van der Waals surface area (Å²) < 4.78 is 18.7. The smallest absolute Gasteiger partial charge is 0.259 e. The van der Waals surface area contributed by atoms with Gasteiger partial charge in [-0.15, -0.1) is 12.4 Å². The van der Waals surface area contributed by atoms with Crippen molar-refractivity contribution in [3.8, 4) is 11.3 Å². The molecule has 0 unspecified atom stereocenters. The number of benzene rings is 1. The lowest BCUT2D eigenvalue weighted by Gasteiger charge is -2.18. The van der Waals surface area contributed by atoms with Gasteiger partial charge in [-0.3, -0.25) is 4.79 Å². The Hall–Kier alpha value is -2.51. The number of aromatic nitrogens is 2. The van der Waals surface area contributed by atoms with E-state index < -0.39 is 0 Å². The quantitative estimate of drug-likeness (QED) is 0.679. The van der Waals surface area contributed by atoms with E-state index in [0.717, 1.165) is 24.1 Å². The van der Waals surface area contributed by atoms with E-state index in [-0.39, 0.29) is 24.1 Å². The first-order chi connectivity index (χ1) is 13.1. The van der Waals surface area contributed by atoms with Crippen molar-refractivity contribution < 1.29 is 13.7 Å². The van der Waals surface area contributed by atoms with Gasteiger partial charge in [0.25, 0.3) is 11.6 Å². The van der Waals surface area contributed by atoms with Gasteiger partial charge in [0.2, 0.25) is 0 Å². The van der Waals surface area contributed by atoms with E-state index in [2.05, 4.69) is 15.5 Å². The van der Waals surface area contributed by atoms with Crippen molar-refractivity contribution in [2.45, 2.75) is 18.8 Å². The third-order valence-electron chi connectivity index (χ3n) is 4.85. The molecule has 1 N–H and O–H groups in total. The Balaban J connectivity index is 0.00000225. The van der Waals surface area contributed by atoms with Gasteiger partial charge in [-0.05, 0) is 50.2 Å². The van der Waals surface area contributed by atoms with Gasteiger partial charge in [-0.25, -0.2) is 9.37 Å². The van der Waals surface area contributed by atoms with E-state index in [4.69, 9.17) is 4.52 Å². The zero-order chi connectivity index (χ0) is 19.0. The number of nitrogens with one attached hydrogen (secondary N) is 1. The molecule has 1 fully saturated rings. The highest BCUT2D eigenvalue weighted by molar-refractivity contribution is 6.07. The zero-order valence-electron chi connectivity index (χ0n) is 15.7. The molecule has 2 heterocycles. The lowest BCUT2D eigenvalue weighted by Crippen LogP contribution is -2.33. The Kier molecular flexibility index (Phi) is 5.96. The standard InChI is InChI=1S/C20H21FN4O2.ClH/c1-22-9-10-25(2)20(26)15-11-16(12-5-7-14(21)8-6-12)23-19-17(15)18(24-27-19)13-3-4-13;/h5-8,11,13,22H,3-4,9-10H2,1-2H3;1H. The third kappa shape index (κ3) is 3.86. The summed E-state index contributed by atoms with van der Waals surface area (Å²) in [7, 11) is 3.62. The van der Waals surface area contributed by atoms with Crippen LogP contribution in [0.4, 0.5) is 4.39 Å². The Labute approximate surface area is 168 Å². The number of rotatable bonds is 6. The minimum absolute atomic E-state index is 0. The molecule has 0 bridgehead atoms. The lowest BCUT2D eigenvalue weighted by molar-refractivity contribution is 0.0798. The number of carbonyl (C=O) groups excluding carboxylic acids is 1. The van der Waals surface area contributed by atoms with E-state index in [1.165, 1.54) is 12.1 Å². The lowest BCUT2D eigenvalue weighted by atomic mass is 10.0. The fourth-order valence-corrected chi connectivity index (χ4v) is 3.13. The van der Waals surface area contributed by atoms with Crippen molar-refractivity contribution >= 4 is 29.4 Å². The maximum atomic E-state index is 13.3. The number of nitrogens with zero attached hydrogens (tertiary/aromatic N) is 3. The minimum Gasteiger partial charge on any atom is -0.340 e. The van der Waals surface area contributed by atoms with Crippen molar-refractivity contribution in [2.24, 2.45) is 0 Å². The van der Waals surface area contributed by atoms with Crippen molar-refractivity contribution in [3.05, 3.63) is 47.4 Å². The molecule has 0 radical (unpaired) electrons. The highest BCUT2D eigenvalue weighted by Gasteiger charge is 2.32. The molecule has 1 aliphatic carbocycles. The minimum atomic E-state index is -0.321. The van der Waals surface area contributed by atoms with Gasteiger partial charge in [0.1, 0.15) is 5.82 Å². The molecule has 8 heteroatoms. The summed E-state index contributed by atoms with van der Waals surface area (Å²) >= 11 is 0. The summed E-state index contributed by atoms with van der Waals surface area (Å²) in [6.07, 6.45) is 2.09. The molecule has 148 valence electrons. The monoisotopic (exact) mass is 404 g/mol. The Morgan fingerprint density at radius 1 is 1.32 bits per heavy atom. The van der Waals surface area contributed by atoms with Gasteiger partial charge in [-0.1, -0.05) is 5.16 Å². The van der Waals surface area contributed by atoms with Crippen LogP contribution < -0.4 is 5.32 Å². The van der Waals surface area contributed by atoms with E-state index >= 15 is 0 Å². The average Bonchev–Trinajstić information content (AvgIpc) is 3.44. The molecular formula is C20H22ClFN4O2. The van der Waals surface area contributed by atoms with Crippen molar-refractivity contribution in [2.75, 3.05) is 27.2 Å². The molecule has 0 saturated heterocycles. The van der Waals surface area contributed by atoms with E-state index in [9.17, 15) is 9.18 Å². The van der Waals surface area contributed by atoms with Gasteiger partial charge >= 0.3 is 0 Å². The number of hydrogen-bond acceptors (Lipinski definition) is 5. The van der Waals surface area contributed by atoms with Crippen LogP contribution in [0.5, 0.6) is 0 Å². The SMILES string of the molecule is CNCCN(C)C(=O)c1cc(-c2ccc(F)cc2)nc2onc(C3CC3)c12.Cl. The van der Waals surface area contributed by atoms with E-state index in [1.54, 1.807) is 30.1 Å². The fourth-order valence-electron chi connectivity index (χ4n) is 3.13. The molecule has 0 atom stereocenters. The predicted molar refractivity (Wildman–Crippen MR) is 107 cm³/mol. The number of hydrogen-bond donors (Lipinski definition) is 1. The Bertz CT molecular complexity index is 986. The summed E-state index contributed by atoms with van der Waals surface area (Å²) in [6, 6.07) is 7.79. The van der Waals surface area contributed by atoms with Crippen LogP contribution in [0.25, 0.3) is 22.4 Å². The van der Waals surface area contributed by atoms with Crippen molar-refractivity contribution in [3.63, 3.8) is 0 Å². The van der Waals surface area contributed by atoms with Crippen molar-refractivity contribution in [1.29, 1.82) is 0 Å². The maximum Gasteiger partial charge on any atom is 0.259 e. The molecule has 0 aliphatic heterocycles. The van der Waals surface area contributed by atoms with Crippen LogP contribution in [0.15, 0.2) is 34.9 Å². The highest BCUT2D eigenvalue weighted by Crippen LogP contribution is 2.43.